The Labute approximate surface area is 155 Å². The van der Waals surface area contributed by atoms with Gasteiger partial charge in [-0.1, -0.05) is 6.07 Å². The van der Waals surface area contributed by atoms with Gasteiger partial charge in [0.25, 0.3) is 0 Å². The number of para-hydroxylation sites is 1. The fourth-order valence-electron chi connectivity index (χ4n) is 2.98. The van der Waals surface area contributed by atoms with Crippen molar-refractivity contribution in [3.8, 4) is 0 Å². The van der Waals surface area contributed by atoms with Crippen LogP contribution in [0.4, 0.5) is 29.3 Å². The summed E-state index contributed by atoms with van der Waals surface area (Å²) in [5.41, 5.74) is 0.531. The SMILES string of the molecule is O=C(NCCN1CCN(c2ccc(F)cc2)CC1)Nc1c(F)cccc1F. The Bertz CT molecular complexity index is 757. The molecule has 0 aromatic heterocycles. The first-order valence-corrected chi connectivity index (χ1v) is 8.74. The molecule has 0 spiro atoms. The molecule has 0 saturated carbocycles. The molecule has 0 bridgehead atoms. The van der Waals surface area contributed by atoms with E-state index >= 15 is 0 Å². The minimum Gasteiger partial charge on any atom is -0.369 e. The Hall–Kier alpha value is -2.74. The van der Waals surface area contributed by atoms with Gasteiger partial charge in [0.2, 0.25) is 0 Å². The van der Waals surface area contributed by atoms with Gasteiger partial charge in [0, 0.05) is 45.0 Å². The molecule has 8 heteroatoms. The van der Waals surface area contributed by atoms with E-state index in [2.05, 4.69) is 20.4 Å². The summed E-state index contributed by atoms with van der Waals surface area (Å²) < 4.78 is 40.0. The molecule has 2 aromatic carbocycles. The van der Waals surface area contributed by atoms with Crippen LogP contribution < -0.4 is 15.5 Å². The van der Waals surface area contributed by atoms with Gasteiger partial charge >= 0.3 is 6.03 Å². The number of piperazine rings is 1. The van der Waals surface area contributed by atoms with Gasteiger partial charge in [-0.3, -0.25) is 4.90 Å². The van der Waals surface area contributed by atoms with E-state index in [9.17, 15) is 18.0 Å². The van der Waals surface area contributed by atoms with E-state index in [-0.39, 0.29) is 5.82 Å². The van der Waals surface area contributed by atoms with Gasteiger partial charge < -0.3 is 15.5 Å². The van der Waals surface area contributed by atoms with Crippen LogP contribution in [0.3, 0.4) is 0 Å². The third kappa shape index (κ3) is 5.13. The number of amides is 2. The lowest BCUT2D eigenvalue weighted by molar-refractivity contribution is 0.240. The van der Waals surface area contributed by atoms with Crippen molar-refractivity contribution in [3.63, 3.8) is 0 Å². The maximum absolute atomic E-state index is 13.5. The molecule has 2 amide bonds. The molecule has 5 nitrogen and oxygen atoms in total. The van der Waals surface area contributed by atoms with E-state index in [0.717, 1.165) is 44.0 Å². The molecular weight excluding hydrogens is 357 g/mol. The van der Waals surface area contributed by atoms with Gasteiger partial charge in [-0.05, 0) is 36.4 Å². The number of rotatable bonds is 5. The smallest absolute Gasteiger partial charge is 0.319 e. The van der Waals surface area contributed by atoms with Gasteiger partial charge in [-0.15, -0.1) is 0 Å². The van der Waals surface area contributed by atoms with E-state index in [1.807, 2.05) is 0 Å². The fourth-order valence-corrected chi connectivity index (χ4v) is 2.98. The molecule has 1 aliphatic heterocycles. The van der Waals surface area contributed by atoms with Crippen molar-refractivity contribution >= 4 is 17.4 Å². The molecule has 1 saturated heterocycles. The highest BCUT2D eigenvalue weighted by Gasteiger charge is 2.17. The number of urea groups is 1. The van der Waals surface area contributed by atoms with Crippen LogP contribution in [0, 0.1) is 17.5 Å². The molecule has 1 aliphatic rings. The average molecular weight is 378 g/mol. The number of hydrogen-bond donors (Lipinski definition) is 2. The minimum absolute atomic E-state index is 0.253. The molecule has 1 heterocycles. The topological polar surface area (TPSA) is 47.6 Å². The molecule has 0 atom stereocenters. The zero-order valence-corrected chi connectivity index (χ0v) is 14.7. The third-order valence-electron chi connectivity index (χ3n) is 4.48. The van der Waals surface area contributed by atoms with Crippen molar-refractivity contribution in [2.45, 2.75) is 0 Å². The average Bonchev–Trinajstić information content (AvgIpc) is 2.66. The van der Waals surface area contributed by atoms with Gasteiger partial charge in [0.1, 0.15) is 23.1 Å². The number of nitrogens with one attached hydrogen (secondary N) is 2. The van der Waals surface area contributed by atoms with Crippen LogP contribution >= 0.6 is 0 Å². The third-order valence-corrected chi connectivity index (χ3v) is 4.48. The maximum Gasteiger partial charge on any atom is 0.319 e. The van der Waals surface area contributed by atoms with Crippen molar-refractivity contribution in [2.75, 3.05) is 49.5 Å². The minimum atomic E-state index is -0.818. The van der Waals surface area contributed by atoms with E-state index in [1.165, 1.54) is 18.2 Å². The first-order chi connectivity index (χ1) is 13.0. The van der Waals surface area contributed by atoms with Crippen molar-refractivity contribution < 1.29 is 18.0 Å². The van der Waals surface area contributed by atoms with Crippen molar-refractivity contribution in [1.29, 1.82) is 0 Å². The standard InChI is InChI=1S/C19H21F3N4O/c20-14-4-6-15(7-5-14)26-12-10-25(11-13-26)9-8-23-19(27)24-18-16(21)2-1-3-17(18)22/h1-7H,8-13H2,(H2,23,24,27). The second kappa shape index (κ2) is 8.77. The van der Waals surface area contributed by atoms with E-state index in [4.69, 9.17) is 0 Å². The van der Waals surface area contributed by atoms with Crippen molar-refractivity contribution in [3.05, 3.63) is 59.9 Å². The monoisotopic (exact) mass is 378 g/mol. The zero-order chi connectivity index (χ0) is 19.2. The Morgan fingerprint density at radius 1 is 0.926 bits per heavy atom. The Balaban J connectivity index is 1.39. The zero-order valence-electron chi connectivity index (χ0n) is 14.7. The molecule has 2 aromatic rings. The van der Waals surface area contributed by atoms with Gasteiger partial charge in [0.15, 0.2) is 0 Å². The quantitative estimate of drug-likeness (QED) is 0.841. The number of carbonyl (C=O) groups is 1. The summed E-state index contributed by atoms with van der Waals surface area (Å²) in [7, 11) is 0. The Kier molecular flexibility index (Phi) is 6.18. The highest BCUT2D eigenvalue weighted by Crippen LogP contribution is 2.18. The summed E-state index contributed by atoms with van der Waals surface area (Å²) in [6.45, 7) is 4.21. The molecule has 0 aliphatic carbocycles. The summed E-state index contributed by atoms with van der Waals surface area (Å²) in [4.78, 5) is 16.2. The van der Waals surface area contributed by atoms with Gasteiger partial charge in [-0.2, -0.15) is 0 Å². The lowest BCUT2D eigenvalue weighted by Crippen LogP contribution is -2.48. The molecule has 144 valence electrons. The van der Waals surface area contributed by atoms with Crippen LogP contribution in [0.5, 0.6) is 0 Å². The van der Waals surface area contributed by atoms with Gasteiger partial charge in [0.05, 0.1) is 0 Å². The Morgan fingerprint density at radius 3 is 2.19 bits per heavy atom. The molecule has 3 rings (SSSR count). The van der Waals surface area contributed by atoms with Crippen LogP contribution in [0.25, 0.3) is 0 Å². The predicted molar refractivity (Wildman–Crippen MR) is 98.4 cm³/mol. The highest BCUT2D eigenvalue weighted by molar-refractivity contribution is 5.89. The number of nitrogens with zero attached hydrogens (tertiary/aromatic N) is 2. The summed E-state index contributed by atoms with van der Waals surface area (Å²) in [6.07, 6.45) is 0. The molecule has 2 N–H and O–H groups in total. The molecule has 1 fully saturated rings. The lowest BCUT2D eigenvalue weighted by Gasteiger charge is -2.36. The van der Waals surface area contributed by atoms with Crippen molar-refractivity contribution in [2.24, 2.45) is 0 Å². The number of hydrogen-bond acceptors (Lipinski definition) is 3. The first kappa shape index (κ1) is 19.0. The highest BCUT2D eigenvalue weighted by atomic mass is 19.1. The number of carbonyl (C=O) groups excluding carboxylic acids is 1. The van der Waals surface area contributed by atoms with Crippen LogP contribution in [0.1, 0.15) is 0 Å². The fraction of sp³-hybridized carbons (Fsp3) is 0.316. The Morgan fingerprint density at radius 2 is 1.56 bits per heavy atom. The molecule has 0 unspecified atom stereocenters. The van der Waals surface area contributed by atoms with Gasteiger partial charge in [-0.25, -0.2) is 18.0 Å². The molecule has 0 radical (unpaired) electrons. The number of anilines is 2. The second-order valence-electron chi connectivity index (χ2n) is 6.28. The number of halogens is 3. The maximum atomic E-state index is 13.5. The molecule has 27 heavy (non-hydrogen) atoms. The van der Waals surface area contributed by atoms with Crippen LogP contribution in [-0.2, 0) is 0 Å². The normalized spacial score (nSPS) is 14.9. The first-order valence-electron chi connectivity index (χ1n) is 8.74. The largest absolute Gasteiger partial charge is 0.369 e. The lowest BCUT2D eigenvalue weighted by atomic mass is 10.2. The predicted octanol–water partition coefficient (Wildman–Crippen LogP) is 3.05. The number of benzene rings is 2. The van der Waals surface area contributed by atoms with Crippen molar-refractivity contribution in [1.82, 2.24) is 10.2 Å². The van der Waals surface area contributed by atoms with E-state index < -0.39 is 23.4 Å². The van der Waals surface area contributed by atoms with Crippen LogP contribution in [0.15, 0.2) is 42.5 Å². The van der Waals surface area contributed by atoms with E-state index in [1.54, 1.807) is 12.1 Å². The summed E-state index contributed by atoms with van der Waals surface area (Å²) >= 11 is 0. The van der Waals surface area contributed by atoms with Crippen LogP contribution in [0.2, 0.25) is 0 Å². The molecular formula is C19H21F3N4O. The summed E-state index contributed by atoms with van der Waals surface area (Å²) in [5.74, 6) is -1.89. The summed E-state index contributed by atoms with van der Waals surface area (Å²) in [5, 5.41) is 4.79. The summed E-state index contributed by atoms with van der Waals surface area (Å²) in [6, 6.07) is 9.17. The second-order valence-corrected chi connectivity index (χ2v) is 6.28. The van der Waals surface area contributed by atoms with E-state index in [0.29, 0.717) is 13.1 Å². The van der Waals surface area contributed by atoms with Crippen LogP contribution in [-0.4, -0.2) is 50.2 Å².